The first-order chi connectivity index (χ1) is 8.67. The number of nitriles is 1. The van der Waals surface area contributed by atoms with Crippen LogP contribution in [0, 0.1) is 16.7 Å². The summed E-state index contributed by atoms with van der Waals surface area (Å²) in [5, 5.41) is 12.7. The van der Waals surface area contributed by atoms with Gasteiger partial charge in [0.1, 0.15) is 0 Å². The Balaban J connectivity index is 2.14. The van der Waals surface area contributed by atoms with E-state index in [4.69, 9.17) is 14.2 Å². The highest BCUT2D eigenvalue weighted by Crippen LogP contribution is 2.30. The Morgan fingerprint density at radius 1 is 1.50 bits per heavy atom. The van der Waals surface area contributed by atoms with Gasteiger partial charge in [-0.3, -0.25) is 0 Å². The predicted octanol–water partition coefficient (Wildman–Crippen LogP) is 3.20. The van der Waals surface area contributed by atoms with Crippen molar-refractivity contribution in [2.24, 2.45) is 5.41 Å². The van der Waals surface area contributed by atoms with E-state index in [2.05, 4.69) is 23.1 Å². The number of hydrogen-bond acceptors (Lipinski definition) is 5. The highest BCUT2D eigenvalue weighted by Gasteiger charge is 2.26. The van der Waals surface area contributed by atoms with Crippen molar-refractivity contribution in [2.75, 3.05) is 0 Å². The molecule has 2 rings (SSSR count). The normalized spacial score (nSPS) is 14.1. The summed E-state index contributed by atoms with van der Waals surface area (Å²) >= 11 is 0. The third-order valence-corrected chi connectivity index (χ3v) is 3.15. The molecule has 0 N–H and O–H groups in total. The second-order valence-corrected chi connectivity index (χ2v) is 4.66. The van der Waals surface area contributed by atoms with Gasteiger partial charge in [-0.25, -0.2) is 0 Å². The zero-order valence-corrected chi connectivity index (χ0v) is 10.5. The summed E-state index contributed by atoms with van der Waals surface area (Å²) in [5.74, 6) is 1.58. The Bertz CT molecular complexity index is 539. The van der Waals surface area contributed by atoms with Gasteiger partial charge in [0.15, 0.2) is 5.76 Å². The summed E-state index contributed by atoms with van der Waals surface area (Å²) in [5.41, 5.74) is -0.123. The number of nitrogens with zero attached hydrogens (tertiary/aromatic N) is 3. The Hall–Kier alpha value is -2.09. The predicted molar refractivity (Wildman–Crippen MR) is 64.3 cm³/mol. The SMILES string of the molecule is CCC(C)(CC#N)Cc1nc(-c2ccco2)no1. The van der Waals surface area contributed by atoms with Gasteiger partial charge in [0.25, 0.3) is 0 Å². The fraction of sp³-hybridized carbons (Fsp3) is 0.462. The quantitative estimate of drug-likeness (QED) is 0.808. The van der Waals surface area contributed by atoms with E-state index < -0.39 is 0 Å². The number of hydrogen-bond donors (Lipinski definition) is 0. The molecule has 0 aliphatic heterocycles. The van der Waals surface area contributed by atoms with Gasteiger partial charge in [-0.05, 0) is 24.0 Å². The zero-order chi connectivity index (χ0) is 13.0. The molecule has 0 amide bonds. The molecule has 0 saturated heterocycles. The Kier molecular flexibility index (Phi) is 3.47. The van der Waals surface area contributed by atoms with E-state index in [0.29, 0.717) is 30.3 Å². The minimum absolute atomic E-state index is 0.123. The van der Waals surface area contributed by atoms with Crippen LogP contribution in [0.15, 0.2) is 27.3 Å². The standard InChI is InChI=1S/C13H15N3O2/c1-3-13(2,6-7-14)9-11-15-12(16-18-11)10-5-4-8-17-10/h4-5,8H,3,6,9H2,1-2H3. The third-order valence-electron chi connectivity index (χ3n) is 3.15. The van der Waals surface area contributed by atoms with E-state index in [1.54, 1.807) is 18.4 Å². The van der Waals surface area contributed by atoms with Crippen LogP contribution in [0.5, 0.6) is 0 Å². The van der Waals surface area contributed by atoms with Crippen molar-refractivity contribution in [1.29, 1.82) is 5.26 Å². The molecule has 0 fully saturated rings. The summed E-state index contributed by atoms with van der Waals surface area (Å²) in [6.07, 6.45) is 3.53. The number of furan rings is 1. The molecule has 0 aliphatic rings. The fourth-order valence-corrected chi connectivity index (χ4v) is 1.70. The first-order valence-corrected chi connectivity index (χ1v) is 5.90. The van der Waals surface area contributed by atoms with Crippen molar-refractivity contribution in [3.8, 4) is 17.7 Å². The van der Waals surface area contributed by atoms with E-state index in [0.717, 1.165) is 6.42 Å². The van der Waals surface area contributed by atoms with E-state index in [1.807, 2.05) is 6.92 Å². The lowest BCUT2D eigenvalue weighted by Gasteiger charge is -2.22. The van der Waals surface area contributed by atoms with Gasteiger partial charge in [-0.15, -0.1) is 0 Å². The summed E-state index contributed by atoms with van der Waals surface area (Å²) in [7, 11) is 0. The van der Waals surface area contributed by atoms with Crippen molar-refractivity contribution in [1.82, 2.24) is 10.1 Å². The van der Waals surface area contributed by atoms with Crippen molar-refractivity contribution in [2.45, 2.75) is 33.1 Å². The molecule has 2 aromatic heterocycles. The van der Waals surface area contributed by atoms with Crippen LogP contribution >= 0.6 is 0 Å². The minimum Gasteiger partial charge on any atom is -0.461 e. The molecule has 0 saturated carbocycles. The van der Waals surface area contributed by atoms with Crippen molar-refractivity contribution in [3.63, 3.8) is 0 Å². The van der Waals surface area contributed by atoms with E-state index >= 15 is 0 Å². The zero-order valence-electron chi connectivity index (χ0n) is 10.5. The summed E-state index contributed by atoms with van der Waals surface area (Å²) in [6, 6.07) is 5.76. The van der Waals surface area contributed by atoms with Crippen LogP contribution < -0.4 is 0 Å². The maximum absolute atomic E-state index is 8.83. The first-order valence-electron chi connectivity index (χ1n) is 5.90. The fourth-order valence-electron chi connectivity index (χ4n) is 1.70. The van der Waals surface area contributed by atoms with Gasteiger partial charge in [0, 0.05) is 12.8 Å². The molecule has 5 nitrogen and oxygen atoms in total. The van der Waals surface area contributed by atoms with Crippen molar-refractivity contribution < 1.29 is 8.94 Å². The molecule has 0 aliphatic carbocycles. The maximum atomic E-state index is 8.83. The smallest absolute Gasteiger partial charge is 0.238 e. The van der Waals surface area contributed by atoms with Crippen molar-refractivity contribution in [3.05, 3.63) is 24.3 Å². The molecule has 0 spiro atoms. The number of aromatic nitrogens is 2. The van der Waals surface area contributed by atoms with Crippen LogP contribution in [-0.2, 0) is 6.42 Å². The van der Waals surface area contributed by atoms with Crippen LogP contribution in [0.4, 0.5) is 0 Å². The molecule has 2 aromatic rings. The molecular weight excluding hydrogens is 230 g/mol. The summed E-state index contributed by atoms with van der Waals surface area (Å²) in [4.78, 5) is 4.29. The average Bonchev–Trinajstić information content (AvgIpc) is 2.99. The monoisotopic (exact) mass is 245 g/mol. The van der Waals surface area contributed by atoms with E-state index in [1.165, 1.54) is 0 Å². The molecule has 0 aromatic carbocycles. The average molecular weight is 245 g/mol. The third kappa shape index (κ3) is 2.59. The molecule has 94 valence electrons. The molecule has 18 heavy (non-hydrogen) atoms. The van der Waals surface area contributed by atoms with Gasteiger partial charge in [-0.1, -0.05) is 19.0 Å². The summed E-state index contributed by atoms with van der Waals surface area (Å²) in [6.45, 7) is 4.11. The molecule has 1 unspecified atom stereocenters. The lowest BCUT2D eigenvalue weighted by Crippen LogP contribution is -2.18. The molecule has 5 heteroatoms. The summed E-state index contributed by atoms with van der Waals surface area (Å²) < 4.78 is 10.4. The van der Waals surface area contributed by atoms with E-state index in [-0.39, 0.29) is 5.41 Å². The molecule has 0 radical (unpaired) electrons. The topological polar surface area (TPSA) is 75.8 Å². The lowest BCUT2D eigenvalue weighted by molar-refractivity contribution is 0.266. The Morgan fingerprint density at radius 3 is 2.94 bits per heavy atom. The van der Waals surface area contributed by atoms with Gasteiger partial charge in [0.2, 0.25) is 11.7 Å². The maximum Gasteiger partial charge on any atom is 0.238 e. The largest absolute Gasteiger partial charge is 0.461 e. The van der Waals surface area contributed by atoms with E-state index in [9.17, 15) is 0 Å². The van der Waals surface area contributed by atoms with Crippen LogP contribution in [0.2, 0.25) is 0 Å². The second-order valence-electron chi connectivity index (χ2n) is 4.66. The van der Waals surface area contributed by atoms with Crippen LogP contribution in [0.3, 0.4) is 0 Å². The van der Waals surface area contributed by atoms with Gasteiger partial charge >= 0.3 is 0 Å². The van der Waals surface area contributed by atoms with Gasteiger partial charge < -0.3 is 8.94 Å². The first kappa shape index (κ1) is 12.4. The van der Waals surface area contributed by atoms with Crippen LogP contribution in [0.25, 0.3) is 11.6 Å². The molecule has 0 bridgehead atoms. The van der Waals surface area contributed by atoms with Gasteiger partial charge in [0.05, 0.1) is 12.3 Å². The number of rotatable bonds is 5. The second kappa shape index (κ2) is 5.05. The molecule has 2 heterocycles. The molecular formula is C13H15N3O2. The highest BCUT2D eigenvalue weighted by molar-refractivity contribution is 5.44. The molecule has 1 atom stereocenters. The highest BCUT2D eigenvalue weighted by atomic mass is 16.5. The van der Waals surface area contributed by atoms with Crippen molar-refractivity contribution >= 4 is 0 Å². The van der Waals surface area contributed by atoms with Gasteiger partial charge in [-0.2, -0.15) is 10.2 Å². The van der Waals surface area contributed by atoms with Crippen LogP contribution in [0.1, 0.15) is 32.6 Å². The Labute approximate surface area is 105 Å². The van der Waals surface area contributed by atoms with Crippen LogP contribution in [-0.4, -0.2) is 10.1 Å². The lowest BCUT2D eigenvalue weighted by atomic mass is 9.81. The minimum atomic E-state index is -0.123. The Morgan fingerprint density at radius 2 is 2.33 bits per heavy atom.